The number of hydrogen-bond donors (Lipinski definition) is 2. The summed E-state index contributed by atoms with van der Waals surface area (Å²) in [5, 5.41) is 18.8. The van der Waals surface area contributed by atoms with Crippen molar-refractivity contribution in [1.82, 2.24) is 54.5 Å². The molecule has 3 N–H and O–H groups in total. The third kappa shape index (κ3) is 27.3. The van der Waals surface area contributed by atoms with Crippen molar-refractivity contribution in [3.63, 3.8) is 0 Å². The van der Waals surface area contributed by atoms with Gasteiger partial charge in [-0.05, 0) is 91.1 Å². The first-order valence-corrected chi connectivity index (χ1v) is 34.1. The van der Waals surface area contributed by atoms with Crippen LogP contribution in [0, 0.1) is 0 Å². The lowest BCUT2D eigenvalue weighted by Crippen LogP contribution is -2.97. The van der Waals surface area contributed by atoms with Gasteiger partial charge in [0.25, 0.3) is 5.56 Å². The fourth-order valence-corrected chi connectivity index (χ4v) is 11.5. The molecule has 0 spiro atoms. The number of nitrogens with one attached hydrogen (secondary N) is 1. The maximum absolute atomic E-state index is 14.7. The van der Waals surface area contributed by atoms with E-state index in [2.05, 4.69) is 67.6 Å². The number of rotatable bonds is 50. The van der Waals surface area contributed by atoms with E-state index in [1.807, 2.05) is 25.2 Å². The van der Waals surface area contributed by atoms with Crippen molar-refractivity contribution in [3.8, 4) is 0 Å². The van der Waals surface area contributed by atoms with Crippen molar-refractivity contribution in [2.45, 2.75) is 303 Å². The second-order valence-corrected chi connectivity index (χ2v) is 24.7. The van der Waals surface area contributed by atoms with Crippen LogP contribution in [0.3, 0.4) is 0 Å². The molecule has 4 atom stereocenters. The highest BCUT2D eigenvalue weighted by Gasteiger charge is 2.48. The lowest BCUT2D eigenvalue weighted by Gasteiger charge is -2.26. The quantitative estimate of drug-likeness (QED) is 0.0231. The number of likely N-dealkylation sites (N-methyl/N-ethyl adjacent to an activating group) is 1. The summed E-state index contributed by atoms with van der Waals surface area (Å²) in [6.07, 6.45) is 33.8. The maximum atomic E-state index is 14.7. The van der Waals surface area contributed by atoms with Gasteiger partial charge in [-0.15, -0.1) is 15.7 Å². The molecule has 0 saturated carbocycles. The molecule has 5 heterocycles. The molecule has 88 heavy (non-hydrogen) atoms. The lowest BCUT2D eigenvalue weighted by molar-refractivity contribution is -0.821. The highest BCUT2D eigenvalue weighted by molar-refractivity contribution is 5.72. The maximum Gasteiger partial charge on any atom is 0.333 e. The molecule has 3 aromatic rings. The molecule has 23 nitrogen and oxygen atoms in total. The number of ether oxygens (including phenoxy) is 6. The SMILES string of the molecule is CCCCCCC(CCCCCC)OC(=O)CN1C=C(CO[C@H]2[C@@H](OCc3cn(CC(=O)OC(CCCCCC)CCCCCC)nn3)[C@H](n3ccc(=O)n(Cc4cn(CC(=O)OC(CCCCCC)CCCCCC)nn4)c3=O)O[C@@H]2CN(C)C)N[NH2+]1. The first-order valence-electron chi connectivity index (χ1n) is 34.1. The van der Waals surface area contributed by atoms with Crippen molar-refractivity contribution >= 4 is 17.9 Å². The van der Waals surface area contributed by atoms with Gasteiger partial charge in [0.2, 0.25) is 0 Å². The Morgan fingerprint density at radius 3 is 1.47 bits per heavy atom. The zero-order chi connectivity index (χ0) is 63.3. The number of nitrogens with zero attached hydrogens (tertiary/aromatic N) is 10. The Labute approximate surface area is 524 Å². The van der Waals surface area contributed by atoms with E-state index >= 15 is 0 Å². The molecule has 0 amide bonds. The highest BCUT2D eigenvalue weighted by atomic mass is 16.6. The molecule has 5 rings (SSSR count). The van der Waals surface area contributed by atoms with E-state index in [9.17, 15) is 24.0 Å². The van der Waals surface area contributed by atoms with Crippen molar-refractivity contribution < 1.29 is 48.3 Å². The van der Waals surface area contributed by atoms with Crippen LogP contribution in [-0.2, 0) is 69.0 Å². The van der Waals surface area contributed by atoms with E-state index in [-0.39, 0.29) is 75.3 Å². The summed E-state index contributed by atoms with van der Waals surface area (Å²) in [6, 6.07) is 1.29. The van der Waals surface area contributed by atoms with Crippen molar-refractivity contribution in [2.24, 2.45) is 0 Å². The number of aromatic nitrogens is 8. The molecule has 23 heteroatoms. The molecular weight excluding hydrogens is 1120 g/mol. The number of carbonyl (C=O) groups excluding carboxylic acids is 3. The predicted molar refractivity (Wildman–Crippen MR) is 337 cm³/mol. The van der Waals surface area contributed by atoms with Crippen LogP contribution >= 0.6 is 0 Å². The van der Waals surface area contributed by atoms with E-state index in [1.54, 1.807) is 22.9 Å². The summed E-state index contributed by atoms with van der Waals surface area (Å²) in [4.78, 5) is 70.5. The Balaban J connectivity index is 1.35. The summed E-state index contributed by atoms with van der Waals surface area (Å²) in [6.45, 7) is 12.9. The van der Waals surface area contributed by atoms with Gasteiger partial charge in [-0.1, -0.05) is 168 Å². The Morgan fingerprint density at radius 1 is 0.580 bits per heavy atom. The lowest BCUT2D eigenvalue weighted by atomic mass is 10.0. The highest BCUT2D eigenvalue weighted by Crippen LogP contribution is 2.34. The van der Waals surface area contributed by atoms with Gasteiger partial charge in [-0.2, -0.15) is 5.01 Å². The second-order valence-electron chi connectivity index (χ2n) is 24.7. The molecule has 0 aliphatic carbocycles. The smallest absolute Gasteiger partial charge is 0.333 e. The summed E-state index contributed by atoms with van der Waals surface area (Å²) in [7, 11) is 3.81. The largest absolute Gasteiger partial charge is 0.461 e. The molecule has 0 bridgehead atoms. The third-order valence-electron chi connectivity index (χ3n) is 16.4. The van der Waals surface area contributed by atoms with Crippen molar-refractivity contribution in [3.05, 3.63) is 68.8 Å². The van der Waals surface area contributed by atoms with E-state index < -0.39 is 41.8 Å². The minimum Gasteiger partial charge on any atom is -0.461 e. The minimum atomic E-state index is -1.12. The summed E-state index contributed by atoms with van der Waals surface area (Å²) in [5.74, 6) is -1.10. The zero-order valence-corrected chi connectivity index (χ0v) is 55.1. The molecule has 1 fully saturated rings. The predicted octanol–water partition coefficient (Wildman–Crippen LogP) is 9.37. The van der Waals surface area contributed by atoms with Crippen molar-refractivity contribution in [1.29, 1.82) is 0 Å². The van der Waals surface area contributed by atoms with Crippen LogP contribution in [0.2, 0.25) is 0 Å². The van der Waals surface area contributed by atoms with E-state index in [4.69, 9.17) is 28.4 Å². The average molecular weight is 1240 g/mol. The van der Waals surface area contributed by atoms with Gasteiger partial charge < -0.3 is 33.3 Å². The Hall–Kier alpha value is -5.49. The van der Waals surface area contributed by atoms with Crippen LogP contribution in [0.15, 0.2) is 46.1 Å². The van der Waals surface area contributed by atoms with Gasteiger partial charge in [0.1, 0.15) is 66.8 Å². The van der Waals surface area contributed by atoms with Gasteiger partial charge >= 0.3 is 23.6 Å². The molecule has 2 aliphatic rings. The van der Waals surface area contributed by atoms with E-state index in [0.717, 1.165) is 184 Å². The molecule has 0 radical (unpaired) electrons. The van der Waals surface area contributed by atoms with Gasteiger partial charge in [-0.25, -0.2) is 24.4 Å². The monoisotopic (exact) mass is 1240 g/mol. The summed E-state index contributed by atoms with van der Waals surface area (Å²) < 4.78 is 43.6. The molecule has 3 aromatic heterocycles. The first kappa shape index (κ1) is 73.2. The van der Waals surface area contributed by atoms with Crippen LogP contribution in [-0.4, -0.2) is 137 Å². The van der Waals surface area contributed by atoms with Gasteiger partial charge in [0.15, 0.2) is 12.8 Å². The molecule has 0 aromatic carbocycles. The Bertz CT molecular complexity index is 2530. The fourth-order valence-electron chi connectivity index (χ4n) is 11.5. The van der Waals surface area contributed by atoms with Gasteiger partial charge in [-0.3, -0.25) is 23.5 Å². The van der Waals surface area contributed by atoms with Gasteiger partial charge in [0.05, 0.1) is 38.4 Å². The second kappa shape index (κ2) is 42.5. The normalized spacial score (nSPS) is 16.8. The van der Waals surface area contributed by atoms with Crippen molar-refractivity contribution in [2.75, 3.05) is 33.8 Å². The Morgan fingerprint density at radius 2 is 1.01 bits per heavy atom. The van der Waals surface area contributed by atoms with E-state index in [0.29, 0.717) is 17.9 Å². The number of unbranched alkanes of at least 4 members (excludes halogenated alkanes) is 18. The van der Waals surface area contributed by atoms with Crippen LogP contribution in [0.25, 0.3) is 0 Å². The number of hydrogen-bond acceptors (Lipinski definition) is 18. The van der Waals surface area contributed by atoms with E-state index in [1.165, 1.54) is 39.0 Å². The average Bonchev–Trinajstić information content (AvgIpc) is 2.71. The standard InChI is InChI=1S/C65H112N12O11/c1-9-15-21-27-33-54(34-28-22-16-10-2)85-59(79)46-73-41-51(66-69-73)44-77-58(78)39-40-76(65(77)82)64-63(84-50-53-43-75(71-68-53)48-61(81)87-56(37-31-25-19-13-5)38-32-26-20-14-6)62(57(88-64)45-72(7)8)83-49-52-42-74(70-67-52)47-60(80)86-55(35-29-23-17-11-3)36-30-24-18-12-4/h39-43,54-57,62-64,67,70H,9-38,44-50H2,1-8H3/p+1/t57-,62-,63-,64-/m1/s1. The fraction of sp³-hybridized carbons (Fsp3) is 0.800. The minimum absolute atomic E-state index is 0.0258. The number of esters is 3. The number of nitrogens with two attached hydrogens (primary N) is 1. The first-order chi connectivity index (χ1) is 42.8. The van der Waals surface area contributed by atoms with Gasteiger partial charge in [0, 0.05) is 18.8 Å². The third-order valence-corrected chi connectivity index (χ3v) is 16.4. The molecule has 2 aliphatic heterocycles. The number of carbonyl (C=O) groups is 3. The van der Waals surface area contributed by atoms with Crippen LogP contribution in [0.5, 0.6) is 0 Å². The summed E-state index contributed by atoms with van der Waals surface area (Å²) in [5.41, 5.74) is 5.06. The van der Waals surface area contributed by atoms with Crippen LogP contribution in [0.1, 0.15) is 252 Å². The molecule has 0 unspecified atom stereocenters. The van der Waals surface area contributed by atoms with Crippen LogP contribution in [0.4, 0.5) is 0 Å². The molecule has 1 saturated heterocycles. The molecular formula is C65H113N12O11+. The summed E-state index contributed by atoms with van der Waals surface area (Å²) >= 11 is 0. The number of quaternary nitrogens is 1. The topological polar surface area (TPSA) is 247 Å². The molecule has 498 valence electrons. The Kier molecular flexibility index (Phi) is 35.4. The van der Waals surface area contributed by atoms with Crippen LogP contribution < -0.4 is 22.2 Å². The zero-order valence-electron chi connectivity index (χ0n) is 55.1.